The Morgan fingerprint density at radius 3 is 2.94 bits per heavy atom. The fraction of sp³-hybridized carbons (Fsp3) is 0.417. The summed E-state index contributed by atoms with van der Waals surface area (Å²) in [5, 5.41) is 2.26. The van der Waals surface area contributed by atoms with E-state index in [1.807, 2.05) is 6.92 Å². The van der Waals surface area contributed by atoms with Crippen LogP contribution >= 0.6 is 11.6 Å². The molecule has 0 saturated carbocycles. The molecule has 0 fully saturated rings. The van der Waals surface area contributed by atoms with Crippen LogP contribution in [0.2, 0.25) is 0 Å². The average Bonchev–Trinajstić information content (AvgIpc) is 2.32. The molecule has 0 aliphatic rings. The fourth-order valence-corrected chi connectivity index (χ4v) is 1.57. The second-order valence-corrected chi connectivity index (χ2v) is 4.22. The average molecular weight is 260 g/mol. The van der Waals surface area contributed by atoms with Gasteiger partial charge >= 0.3 is 5.97 Å². The third kappa shape index (κ3) is 4.32. The summed E-state index contributed by atoms with van der Waals surface area (Å²) in [6.07, 6.45) is 0. The predicted octanol–water partition coefficient (Wildman–Crippen LogP) is 2.00. The number of methoxy groups -OCH3 is 1. The third-order valence-corrected chi connectivity index (χ3v) is 2.74. The van der Waals surface area contributed by atoms with Crippen LogP contribution in [-0.2, 0) is 16.1 Å². The molecule has 0 aliphatic carbocycles. The largest absolute Gasteiger partial charge is 0.468 e. The van der Waals surface area contributed by atoms with Gasteiger partial charge in [0.05, 0.1) is 7.11 Å². The molecule has 1 aromatic rings. The van der Waals surface area contributed by atoms with E-state index < -0.39 is 11.3 Å². The third-order valence-electron chi connectivity index (χ3n) is 2.41. The lowest BCUT2D eigenvalue weighted by Gasteiger charge is -2.10. The molecule has 0 radical (unpaired) electrons. The van der Waals surface area contributed by atoms with Crippen molar-refractivity contribution in [2.75, 3.05) is 13.7 Å². The van der Waals surface area contributed by atoms with Gasteiger partial charge in [0.15, 0.2) is 0 Å². The van der Waals surface area contributed by atoms with E-state index in [0.717, 1.165) is 11.1 Å². The molecule has 1 unspecified atom stereocenters. The Kier molecular flexibility index (Phi) is 5.38. The topological polar surface area (TPSA) is 38.3 Å². The van der Waals surface area contributed by atoms with Crippen LogP contribution in [0.15, 0.2) is 18.2 Å². The fourth-order valence-electron chi connectivity index (χ4n) is 1.38. The zero-order valence-electron chi connectivity index (χ0n) is 9.80. The van der Waals surface area contributed by atoms with Crippen molar-refractivity contribution in [3.05, 3.63) is 35.1 Å². The molecule has 0 bridgehead atoms. The molecule has 1 aromatic carbocycles. The minimum absolute atomic E-state index is 0.275. The van der Waals surface area contributed by atoms with Gasteiger partial charge in [-0.1, -0.05) is 6.07 Å². The van der Waals surface area contributed by atoms with Crippen molar-refractivity contribution in [3.8, 4) is 0 Å². The van der Waals surface area contributed by atoms with Gasteiger partial charge in [0, 0.05) is 13.1 Å². The summed E-state index contributed by atoms with van der Waals surface area (Å²) in [7, 11) is 1.29. The molecule has 0 aliphatic heterocycles. The van der Waals surface area contributed by atoms with Crippen molar-refractivity contribution < 1.29 is 13.9 Å². The number of carbonyl (C=O) groups excluding carboxylic acids is 1. The van der Waals surface area contributed by atoms with Crippen LogP contribution in [0.25, 0.3) is 0 Å². The number of halogens is 2. The van der Waals surface area contributed by atoms with Gasteiger partial charge in [0.2, 0.25) is 0 Å². The van der Waals surface area contributed by atoms with Crippen molar-refractivity contribution in [2.24, 2.45) is 0 Å². The Morgan fingerprint density at radius 2 is 2.29 bits per heavy atom. The highest BCUT2D eigenvalue weighted by Gasteiger charge is 2.14. The first kappa shape index (κ1) is 13.9. The van der Waals surface area contributed by atoms with Crippen LogP contribution in [0.4, 0.5) is 4.39 Å². The Bertz CT molecular complexity index is 398. The summed E-state index contributed by atoms with van der Waals surface area (Å²) in [5.41, 5.74) is 1.84. The predicted molar refractivity (Wildman–Crippen MR) is 64.5 cm³/mol. The number of nitrogens with one attached hydrogen (secondary N) is 1. The second kappa shape index (κ2) is 6.57. The SMILES string of the molecule is COC(=O)C(Cl)CNCc1cc(F)ccc1C. The number of benzene rings is 1. The van der Waals surface area contributed by atoms with Crippen molar-refractivity contribution in [2.45, 2.75) is 18.8 Å². The zero-order chi connectivity index (χ0) is 12.8. The first-order valence-electron chi connectivity index (χ1n) is 5.22. The first-order chi connectivity index (χ1) is 8.04. The van der Waals surface area contributed by atoms with Gasteiger partial charge < -0.3 is 10.1 Å². The highest BCUT2D eigenvalue weighted by molar-refractivity contribution is 6.30. The van der Waals surface area contributed by atoms with Gasteiger partial charge in [-0.2, -0.15) is 0 Å². The van der Waals surface area contributed by atoms with E-state index in [1.54, 1.807) is 6.07 Å². The monoisotopic (exact) mass is 259 g/mol. The molecule has 1 atom stereocenters. The molecule has 0 amide bonds. The smallest absolute Gasteiger partial charge is 0.325 e. The highest BCUT2D eigenvalue weighted by atomic mass is 35.5. The minimum Gasteiger partial charge on any atom is -0.468 e. The molecule has 17 heavy (non-hydrogen) atoms. The molecule has 0 aromatic heterocycles. The first-order valence-corrected chi connectivity index (χ1v) is 5.66. The van der Waals surface area contributed by atoms with E-state index in [2.05, 4.69) is 10.1 Å². The summed E-state index contributed by atoms with van der Waals surface area (Å²) >= 11 is 5.76. The van der Waals surface area contributed by atoms with Crippen molar-refractivity contribution >= 4 is 17.6 Å². The molecule has 5 heteroatoms. The van der Waals surface area contributed by atoms with Crippen molar-refractivity contribution in [1.29, 1.82) is 0 Å². The van der Waals surface area contributed by atoms with Crippen LogP contribution in [0.3, 0.4) is 0 Å². The molecule has 94 valence electrons. The van der Waals surface area contributed by atoms with Crippen LogP contribution in [0, 0.1) is 12.7 Å². The van der Waals surface area contributed by atoms with Crippen LogP contribution < -0.4 is 5.32 Å². The molecule has 1 rings (SSSR count). The van der Waals surface area contributed by atoms with Gasteiger partial charge in [-0.15, -0.1) is 11.6 Å². The van der Waals surface area contributed by atoms with Crippen molar-refractivity contribution in [3.63, 3.8) is 0 Å². The number of hydrogen-bond acceptors (Lipinski definition) is 3. The Morgan fingerprint density at radius 1 is 1.59 bits per heavy atom. The van der Waals surface area contributed by atoms with Gasteiger partial charge in [-0.05, 0) is 30.2 Å². The van der Waals surface area contributed by atoms with E-state index in [0.29, 0.717) is 6.54 Å². The van der Waals surface area contributed by atoms with E-state index in [1.165, 1.54) is 19.2 Å². The summed E-state index contributed by atoms with van der Waals surface area (Å²) in [4.78, 5) is 11.0. The van der Waals surface area contributed by atoms with Crippen LogP contribution in [-0.4, -0.2) is 25.0 Å². The van der Waals surface area contributed by atoms with Gasteiger partial charge in [0.25, 0.3) is 0 Å². The maximum absolute atomic E-state index is 13.0. The van der Waals surface area contributed by atoms with Crippen LogP contribution in [0.1, 0.15) is 11.1 Å². The second-order valence-electron chi connectivity index (χ2n) is 3.69. The normalized spacial score (nSPS) is 12.2. The number of hydrogen-bond donors (Lipinski definition) is 1. The summed E-state index contributed by atoms with van der Waals surface area (Å²) in [6.45, 7) is 2.64. The van der Waals surface area contributed by atoms with E-state index in [4.69, 9.17) is 11.6 Å². The molecular formula is C12H15ClFNO2. The number of carbonyl (C=O) groups is 1. The number of rotatable bonds is 5. The Balaban J connectivity index is 2.45. The van der Waals surface area contributed by atoms with E-state index in [-0.39, 0.29) is 12.4 Å². The number of esters is 1. The Labute approximate surface area is 105 Å². The molecule has 0 heterocycles. The highest BCUT2D eigenvalue weighted by Crippen LogP contribution is 2.10. The number of aryl methyl sites for hydroxylation is 1. The molecular weight excluding hydrogens is 245 g/mol. The van der Waals surface area contributed by atoms with Crippen LogP contribution in [0.5, 0.6) is 0 Å². The van der Waals surface area contributed by atoms with Gasteiger partial charge in [-0.3, -0.25) is 4.79 Å². The zero-order valence-corrected chi connectivity index (χ0v) is 10.6. The standard InChI is InChI=1S/C12H15ClFNO2/c1-8-3-4-10(14)5-9(8)6-15-7-11(13)12(16)17-2/h3-5,11,15H,6-7H2,1-2H3. The minimum atomic E-state index is -0.728. The maximum Gasteiger partial charge on any atom is 0.325 e. The molecule has 0 spiro atoms. The quantitative estimate of drug-likeness (QED) is 0.649. The van der Waals surface area contributed by atoms with E-state index >= 15 is 0 Å². The van der Waals surface area contributed by atoms with Gasteiger partial charge in [0.1, 0.15) is 11.2 Å². The number of alkyl halides is 1. The maximum atomic E-state index is 13.0. The van der Waals surface area contributed by atoms with Crippen molar-refractivity contribution in [1.82, 2.24) is 5.32 Å². The number of ether oxygens (including phenoxy) is 1. The summed E-state index contributed by atoms with van der Waals surface area (Å²) in [6, 6.07) is 4.59. The molecule has 1 N–H and O–H groups in total. The molecule has 3 nitrogen and oxygen atoms in total. The summed E-state index contributed by atoms with van der Waals surface area (Å²) < 4.78 is 17.5. The Hall–Kier alpha value is -1.13. The lowest BCUT2D eigenvalue weighted by molar-refractivity contribution is -0.140. The molecule has 0 saturated heterocycles. The van der Waals surface area contributed by atoms with E-state index in [9.17, 15) is 9.18 Å². The lowest BCUT2D eigenvalue weighted by Crippen LogP contribution is -2.29. The summed E-state index contributed by atoms with van der Waals surface area (Å²) in [5.74, 6) is -0.752. The van der Waals surface area contributed by atoms with Gasteiger partial charge in [-0.25, -0.2) is 4.39 Å². The lowest BCUT2D eigenvalue weighted by atomic mass is 10.1.